The van der Waals surface area contributed by atoms with Crippen molar-refractivity contribution in [3.05, 3.63) is 78.7 Å². The van der Waals surface area contributed by atoms with E-state index in [1.807, 2.05) is 5.38 Å². The molecule has 0 radical (unpaired) electrons. The van der Waals surface area contributed by atoms with Crippen LogP contribution < -0.4 is 10.1 Å². The Kier molecular flexibility index (Phi) is 5.90. The molecule has 1 aromatic heterocycles. The van der Waals surface area contributed by atoms with E-state index >= 15 is 0 Å². The molecule has 138 valence electrons. The van der Waals surface area contributed by atoms with Crippen LogP contribution in [0.3, 0.4) is 0 Å². The number of nitrogens with one attached hydrogen (secondary N) is 1. The molecule has 27 heavy (non-hydrogen) atoms. The van der Waals surface area contributed by atoms with E-state index in [0.717, 1.165) is 11.1 Å². The first-order valence-corrected chi connectivity index (χ1v) is 9.13. The number of carbonyl (C=O) groups is 1. The van der Waals surface area contributed by atoms with Crippen molar-refractivity contribution >= 4 is 51.8 Å². The third kappa shape index (κ3) is 4.73. The monoisotopic (exact) mass is 423 g/mol. The van der Waals surface area contributed by atoms with Crippen molar-refractivity contribution in [2.45, 2.75) is 6.61 Å². The van der Waals surface area contributed by atoms with Gasteiger partial charge in [-0.3, -0.25) is 14.9 Å². The highest BCUT2D eigenvalue weighted by atomic mass is 35.5. The first kappa shape index (κ1) is 19.1. The molecule has 0 atom stereocenters. The lowest BCUT2D eigenvalue weighted by Gasteiger charge is -2.10. The van der Waals surface area contributed by atoms with Crippen molar-refractivity contribution in [1.82, 2.24) is 4.98 Å². The predicted molar refractivity (Wildman–Crippen MR) is 104 cm³/mol. The van der Waals surface area contributed by atoms with Crippen LogP contribution in [0.5, 0.6) is 5.75 Å². The third-order valence-corrected chi connectivity index (χ3v) is 4.81. The minimum Gasteiger partial charge on any atom is -0.485 e. The molecule has 0 aliphatic carbocycles. The predicted octanol–water partition coefficient (Wildman–Crippen LogP) is 5.19. The lowest BCUT2D eigenvalue weighted by Crippen LogP contribution is -2.13. The molecule has 0 saturated carbocycles. The summed E-state index contributed by atoms with van der Waals surface area (Å²) in [7, 11) is 0. The number of carbonyl (C=O) groups excluding carboxylic acids is 1. The van der Waals surface area contributed by atoms with Gasteiger partial charge in [-0.2, -0.15) is 0 Å². The van der Waals surface area contributed by atoms with Gasteiger partial charge in [0, 0.05) is 29.4 Å². The largest absolute Gasteiger partial charge is 0.485 e. The van der Waals surface area contributed by atoms with Crippen LogP contribution in [-0.4, -0.2) is 15.8 Å². The molecule has 0 spiro atoms. The quantitative estimate of drug-likeness (QED) is 0.434. The summed E-state index contributed by atoms with van der Waals surface area (Å²) in [6, 6.07) is 8.38. The summed E-state index contributed by atoms with van der Waals surface area (Å²) in [5, 5.41) is 16.5. The number of nitro groups is 1. The Labute approximate surface area is 167 Å². The smallest absolute Gasteiger partial charge is 0.270 e. The summed E-state index contributed by atoms with van der Waals surface area (Å²) in [6.45, 7) is 0.284. The number of hydrogen-bond donors (Lipinski definition) is 1. The number of benzene rings is 2. The Morgan fingerprint density at radius 3 is 2.70 bits per heavy atom. The Bertz CT molecular complexity index is 996. The normalized spacial score (nSPS) is 10.4. The SMILES string of the molecule is O=C(Nc1ccc(OCc2nccs2)c(Cl)c1)c1cc([N+](=O)[O-])ccc1Cl. The van der Waals surface area contributed by atoms with Gasteiger partial charge in [0.2, 0.25) is 0 Å². The lowest BCUT2D eigenvalue weighted by molar-refractivity contribution is -0.384. The zero-order valence-corrected chi connectivity index (χ0v) is 15.8. The number of non-ortho nitro benzene ring substituents is 1. The lowest BCUT2D eigenvalue weighted by atomic mass is 10.2. The maximum Gasteiger partial charge on any atom is 0.270 e. The van der Waals surface area contributed by atoms with Crippen LogP contribution in [0, 0.1) is 10.1 Å². The highest BCUT2D eigenvalue weighted by Crippen LogP contribution is 2.29. The van der Waals surface area contributed by atoms with Gasteiger partial charge >= 0.3 is 0 Å². The Morgan fingerprint density at radius 1 is 1.22 bits per heavy atom. The number of rotatable bonds is 6. The summed E-state index contributed by atoms with van der Waals surface area (Å²) in [4.78, 5) is 26.8. The van der Waals surface area contributed by atoms with Gasteiger partial charge < -0.3 is 10.1 Å². The fourth-order valence-electron chi connectivity index (χ4n) is 2.16. The van der Waals surface area contributed by atoms with Crippen molar-refractivity contribution in [1.29, 1.82) is 0 Å². The van der Waals surface area contributed by atoms with Gasteiger partial charge in [0.1, 0.15) is 17.4 Å². The average Bonchev–Trinajstić information content (AvgIpc) is 3.14. The summed E-state index contributed by atoms with van der Waals surface area (Å²) in [5.74, 6) is -0.144. The molecule has 0 saturated heterocycles. The number of halogens is 2. The maximum atomic E-state index is 12.4. The summed E-state index contributed by atoms with van der Waals surface area (Å²) in [6.07, 6.45) is 1.68. The number of thiazole rings is 1. The third-order valence-electron chi connectivity index (χ3n) is 3.43. The molecule has 10 heteroatoms. The van der Waals surface area contributed by atoms with Crippen molar-refractivity contribution in [2.24, 2.45) is 0 Å². The van der Waals surface area contributed by atoms with Crippen LogP contribution in [0.1, 0.15) is 15.4 Å². The number of nitro benzene ring substituents is 1. The molecule has 3 aromatic rings. The molecular weight excluding hydrogens is 413 g/mol. The summed E-state index contributed by atoms with van der Waals surface area (Å²) in [5.41, 5.74) is 0.161. The summed E-state index contributed by atoms with van der Waals surface area (Å²) < 4.78 is 5.59. The zero-order chi connectivity index (χ0) is 19.4. The number of ether oxygens (including phenoxy) is 1. The van der Waals surface area contributed by atoms with E-state index in [0.29, 0.717) is 16.5 Å². The molecule has 0 unspecified atom stereocenters. The summed E-state index contributed by atoms with van der Waals surface area (Å²) >= 11 is 13.6. The topological polar surface area (TPSA) is 94.4 Å². The van der Waals surface area contributed by atoms with Crippen LogP contribution in [-0.2, 0) is 6.61 Å². The number of hydrogen-bond acceptors (Lipinski definition) is 6. The van der Waals surface area contributed by atoms with Crippen LogP contribution in [0.15, 0.2) is 48.0 Å². The van der Waals surface area contributed by atoms with Gasteiger partial charge in [0.05, 0.1) is 20.5 Å². The molecule has 1 heterocycles. The Hall–Kier alpha value is -2.68. The highest BCUT2D eigenvalue weighted by molar-refractivity contribution is 7.09. The van der Waals surface area contributed by atoms with Gasteiger partial charge in [-0.25, -0.2) is 4.98 Å². The van der Waals surface area contributed by atoms with Crippen LogP contribution >= 0.6 is 34.5 Å². The second-order valence-electron chi connectivity index (χ2n) is 5.24. The van der Waals surface area contributed by atoms with Crippen molar-refractivity contribution in [3.8, 4) is 5.75 Å². The molecule has 7 nitrogen and oxygen atoms in total. The second kappa shape index (κ2) is 8.34. The average molecular weight is 424 g/mol. The van der Waals surface area contributed by atoms with Crippen molar-refractivity contribution in [2.75, 3.05) is 5.32 Å². The zero-order valence-electron chi connectivity index (χ0n) is 13.5. The number of aromatic nitrogens is 1. The number of anilines is 1. The first-order chi connectivity index (χ1) is 12.9. The van der Waals surface area contributed by atoms with E-state index in [2.05, 4.69) is 10.3 Å². The number of amides is 1. The molecule has 1 amide bonds. The van der Waals surface area contributed by atoms with E-state index in [1.54, 1.807) is 18.3 Å². The Balaban J connectivity index is 1.72. The van der Waals surface area contributed by atoms with Crippen LogP contribution in [0.2, 0.25) is 10.0 Å². The van der Waals surface area contributed by atoms with E-state index in [4.69, 9.17) is 27.9 Å². The Morgan fingerprint density at radius 2 is 2.04 bits per heavy atom. The minimum absolute atomic E-state index is 0.00825. The molecule has 0 aliphatic rings. The van der Waals surface area contributed by atoms with E-state index in [-0.39, 0.29) is 22.9 Å². The van der Waals surface area contributed by atoms with Gasteiger partial charge in [-0.05, 0) is 24.3 Å². The first-order valence-electron chi connectivity index (χ1n) is 7.50. The van der Waals surface area contributed by atoms with Gasteiger partial charge in [0.15, 0.2) is 0 Å². The van der Waals surface area contributed by atoms with E-state index in [1.165, 1.54) is 29.5 Å². The van der Waals surface area contributed by atoms with Gasteiger partial charge in [0.25, 0.3) is 11.6 Å². The standard InChI is InChI=1S/C17H11Cl2N3O4S/c18-13-3-2-11(22(24)25)8-12(13)17(23)21-10-1-4-15(14(19)7-10)26-9-16-20-5-6-27-16/h1-8H,9H2,(H,21,23). The van der Waals surface area contributed by atoms with Crippen LogP contribution in [0.4, 0.5) is 11.4 Å². The fourth-order valence-corrected chi connectivity index (χ4v) is 3.12. The number of nitrogens with zero attached hydrogens (tertiary/aromatic N) is 2. The van der Waals surface area contributed by atoms with Gasteiger partial charge in [-0.15, -0.1) is 11.3 Å². The van der Waals surface area contributed by atoms with Gasteiger partial charge in [-0.1, -0.05) is 23.2 Å². The molecule has 0 bridgehead atoms. The molecule has 0 fully saturated rings. The van der Waals surface area contributed by atoms with Crippen molar-refractivity contribution < 1.29 is 14.5 Å². The van der Waals surface area contributed by atoms with E-state index < -0.39 is 10.8 Å². The second-order valence-corrected chi connectivity index (χ2v) is 7.03. The minimum atomic E-state index is -0.599. The molecular formula is C17H11Cl2N3O4S. The van der Waals surface area contributed by atoms with E-state index in [9.17, 15) is 14.9 Å². The highest BCUT2D eigenvalue weighted by Gasteiger charge is 2.16. The fraction of sp³-hybridized carbons (Fsp3) is 0.0588. The molecule has 1 N–H and O–H groups in total. The maximum absolute atomic E-state index is 12.4. The van der Waals surface area contributed by atoms with Crippen molar-refractivity contribution in [3.63, 3.8) is 0 Å². The van der Waals surface area contributed by atoms with Crippen LogP contribution in [0.25, 0.3) is 0 Å². The molecule has 0 aliphatic heterocycles. The molecule has 3 rings (SSSR count). The molecule has 2 aromatic carbocycles.